The number of benzene rings is 4. The number of hydrogen-bond acceptors (Lipinski definition) is 4. The van der Waals surface area contributed by atoms with Crippen molar-refractivity contribution in [2.75, 3.05) is 6.61 Å². The van der Waals surface area contributed by atoms with E-state index in [9.17, 15) is 9.59 Å². The van der Waals surface area contributed by atoms with Gasteiger partial charge in [-0.1, -0.05) is 96.2 Å². The Morgan fingerprint density at radius 2 is 1.49 bits per heavy atom. The Bertz CT molecular complexity index is 1360. The van der Waals surface area contributed by atoms with E-state index in [4.69, 9.17) is 16.3 Å². The Morgan fingerprint density at radius 1 is 0.857 bits per heavy atom. The van der Waals surface area contributed by atoms with Crippen molar-refractivity contribution in [3.63, 3.8) is 0 Å². The van der Waals surface area contributed by atoms with Crippen LogP contribution in [0.15, 0.2) is 101 Å². The minimum absolute atomic E-state index is 0.000535. The molecule has 1 aliphatic carbocycles. The molecule has 4 nitrogen and oxygen atoms in total. The summed E-state index contributed by atoms with van der Waals surface area (Å²) in [5.74, 6) is -0.000535. The molecular weight excluding hydrogens is 478 g/mol. The average molecular weight is 500 g/mol. The normalized spacial score (nSPS) is 12.0. The minimum Gasteiger partial charge on any atom is -0.449 e. The first-order valence-corrected chi connectivity index (χ1v) is 12.4. The van der Waals surface area contributed by atoms with Crippen molar-refractivity contribution in [2.45, 2.75) is 22.3 Å². The third kappa shape index (κ3) is 4.83. The molecule has 1 N–H and O–H groups in total. The van der Waals surface area contributed by atoms with Crippen LogP contribution in [0.3, 0.4) is 0 Å². The molecule has 4 aromatic rings. The van der Waals surface area contributed by atoms with Crippen molar-refractivity contribution in [3.8, 4) is 11.1 Å². The molecule has 0 bridgehead atoms. The number of nitrogens with one attached hydrogen (secondary N) is 1. The fourth-order valence-electron chi connectivity index (χ4n) is 4.41. The molecule has 0 fully saturated rings. The van der Waals surface area contributed by atoms with Crippen molar-refractivity contribution < 1.29 is 14.3 Å². The predicted octanol–water partition coefficient (Wildman–Crippen LogP) is 7.34. The van der Waals surface area contributed by atoms with Gasteiger partial charge >= 0.3 is 6.09 Å². The molecule has 0 saturated carbocycles. The first-order chi connectivity index (χ1) is 17.2. The summed E-state index contributed by atoms with van der Waals surface area (Å²) < 4.78 is 5.65. The SMILES string of the molecule is O=Cc1ccccc1Sc1cccc(Cl)c1CNC(=O)OCC1c2ccccc2-c2ccccc21. The van der Waals surface area contributed by atoms with Crippen molar-refractivity contribution in [2.24, 2.45) is 0 Å². The van der Waals surface area contributed by atoms with Gasteiger partial charge in [0.15, 0.2) is 6.29 Å². The molecule has 1 aliphatic rings. The molecule has 0 unspecified atom stereocenters. The van der Waals surface area contributed by atoms with Gasteiger partial charge in [-0.15, -0.1) is 0 Å². The number of aldehydes is 1. The number of carbonyl (C=O) groups excluding carboxylic acids is 2. The second-order valence-corrected chi connectivity index (χ2v) is 9.64. The summed E-state index contributed by atoms with van der Waals surface area (Å²) in [6, 6.07) is 29.4. The lowest BCUT2D eigenvalue weighted by atomic mass is 9.98. The van der Waals surface area contributed by atoms with Crippen LogP contribution < -0.4 is 5.32 Å². The van der Waals surface area contributed by atoms with E-state index >= 15 is 0 Å². The second kappa shape index (κ2) is 10.4. The van der Waals surface area contributed by atoms with Crippen LogP contribution in [0, 0.1) is 0 Å². The maximum atomic E-state index is 12.6. The van der Waals surface area contributed by atoms with E-state index in [0.29, 0.717) is 10.6 Å². The fraction of sp³-hybridized carbons (Fsp3) is 0.103. The van der Waals surface area contributed by atoms with Crippen LogP contribution in [0.5, 0.6) is 0 Å². The Balaban J connectivity index is 1.27. The lowest BCUT2D eigenvalue weighted by Crippen LogP contribution is -2.26. The van der Waals surface area contributed by atoms with Crippen LogP contribution in [0.25, 0.3) is 11.1 Å². The molecule has 5 rings (SSSR count). The quantitative estimate of drug-likeness (QED) is 0.270. The molecule has 0 atom stereocenters. The Labute approximate surface area is 213 Å². The zero-order chi connectivity index (χ0) is 24.2. The second-order valence-electron chi connectivity index (χ2n) is 8.15. The van der Waals surface area contributed by atoms with Gasteiger partial charge in [0.25, 0.3) is 0 Å². The predicted molar refractivity (Wildman–Crippen MR) is 139 cm³/mol. The first kappa shape index (κ1) is 23.2. The highest BCUT2D eigenvalue weighted by Crippen LogP contribution is 2.44. The van der Waals surface area contributed by atoms with Gasteiger partial charge in [-0.2, -0.15) is 0 Å². The molecule has 6 heteroatoms. The van der Waals surface area contributed by atoms with E-state index < -0.39 is 6.09 Å². The summed E-state index contributed by atoms with van der Waals surface area (Å²) in [6.45, 7) is 0.457. The number of rotatable bonds is 7. The van der Waals surface area contributed by atoms with E-state index in [2.05, 4.69) is 29.6 Å². The minimum atomic E-state index is -0.504. The van der Waals surface area contributed by atoms with Crippen LogP contribution >= 0.6 is 23.4 Å². The number of fused-ring (bicyclic) bond motifs is 3. The van der Waals surface area contributed by atoms with Crippen LogP contribution in [0.2, 0.25) is 5.02 Å². The molecule has 174 valence electrons. The van der Waals surface area contributed by atoms with Crippen molar-refractivity contribution >= 4 is 35.7 Å². The number of halogens is 1. The smallest absolute Gasteiger partial charge is 0.407 e. The van der Waals surface area contributed by atoms with Crippen molar-refractivity contribution in [1.82, 2.24) is 5.32 Å². The topological polar surface area (TPSA) is 55.4 Å². The molecule has 35 heavy (non-hydrogen) atoms. The summed E-state index contributed by atoms with van der Waals surface area (Å²) in [5, 5.41) is 3.38. The highest BCUT2D eigenvalue weighted by atomic mass is 35.5. The van der Waals surface area contributed by atoms with Crippen LogP contribution in [0.1, 0.15) is 33.0 Å². The maximum absolute atomic E-state index is 12.6. The highest BCUT2D eigenvalue weighted by Gasteiger charge is 2.29. The standard InChI is InChI=1S/C29H22ClNO3S/c30-26-13-7-15-28(35-27-14-6-1-8-19(27)17-32)24(26)16-31-29(33)34-18-25-22-11-4-2-9-20(22)21-10-3-5-12-23(21)25/h1-15,17,25H,16,18H2,(H,31,33). The van der Waals surface area contributed by atoms with Gasteiger partial charge in [-0.25, -0.2) is 4.79 Å². The third-order valence-corrected chi connectivity index (χ3v) is 7.64. The summed E-state index contributed by atoms with van der Waals surface area (Å²) in [6.07, 6.45) is 0.331. The lowest BCUT2D eigenvalue weighted by molar-refractivity contribution is 0.112. The molecule has 0 saturated heterocycles. The molecule has 4 aromatic carbocycles. The molecule has 0 spiro atoms. The molecule has 0 aliphatic heterocycles. The number of hydrogen-bond donors (Lipinski definition) is 1. The first-order valence-electron chi connectivity index (χ1n) is 11.2. The monoisotopic (exact) mass is 499 g/mol. The molecule has 0 heterocycles. The van der Waals surface area contributed by atoms with Crippen molar-refractivity contribution in [1.29, 1.82) is 0 Å². The van der Waals surface area contributed by atoms with Gasteiger partial charge in [-0.05, 0) is 40.5 Å². The zero-order valence-corrected chi connectivity index (χ0v) is 20.3. The number of amides is 1. The number of alkyl carbamates (subject to hydrolysis) is 1. The Morgan fingerprint density at radius 3 is 2.20 bits per heavy atom. The van der Waals surface area contributed by atoms with Crippen molar-refractivity contribution in [3.05, 3.63) is 118 Å². The summed E-state index contributed by atoms with van der Waals surface area (Å²) >= 11 is 7.91. The van der Waals surface area contributed by atoms with Gasteiger partial charge in [-0.3, -0.25) is 4.79 Å². The molecule has 0 aromatic heterocycles. The zero-order valence-electron chi connectivity index (χ0n) is 18.7. The van der Waals surface area contributed by atoms with Gasteiger partial charge in [0, 0.05) is 38.4 Å². The van der Waals surface area contributed by atoms with Gasteiger partial charge < -0.3 is 10.1 Å². The van der Waals surface area contributed by atoms with Gasteiger partial charge in [0.2, 0.25) is 0 Å². The van der Waals surface area contributed by atoms with Gasteiger partial charge in [0.1, 0.15) is 6.61 Å². The number of ether oxygens (including phenoxy) is 1. The van der Waals surface area contributed by atoms with E-state index in [1.54, 1.807) is 12.1 Å². The summed E-state index contributed by atoms with van der Waals surface area (Å²) in [5.41, 5.74) is 6.08. The Kier molecular flexibility index (Phi) is 6.89. The van der Waals surface area contributed by atoms with E-state index in [1.807, 2.05) is 54.6 Å². The Hall–Kier alpha value is -3.54. The lowest BCUT2D eigenvalue weighted by Gasteiger charge is -2.16. The molecular formula is C29H22ClNO3S. The van der Waals surface area contributed by atoms with Crippen LogP contribution in [-0.2, 0) is 11.3 Å². The van der Waals surface area contributed by atoms with Crippen LogP contribution in [0.4, 0.5) is 4.79 Å². The van der Waals surface area contributed by atoms with Gasteiger partial charge in [0.05, 0.1) is 0 Å². The van der Waals surface area contributed by atoms with E-state index in [0.717, 1.165) is 21.6 Å². The molecule has 0 radical (unpaired) electrons. The van der Waals surface area contributed by atoms with E-state index in [1.165, 1.54) is 34.0 Å². The fourth-order valence-corrected chi connectivity index (χ4v) is 5.77. The summed E-state index contributed by atoms with van der Waals surface area (Å²) in [7, 11) is 0. The maximum Gasteiger partial charge on any atom is 0.407 e. The number of carbonyl (C=O) groups is 2. The summed E-state index contributed by atoms with van der Waals surface area (Å²) in [4.78, 5) is 25.7. The van der Waals surface area contributed by atoms with Crippen LogP contribution in [-0.4, -0.2) is 19.0 Å². The largest absolute Gasteiger partial charge is 0.449 e. The third-order valence-electron chi connectivity index (χ3n) is 6.09. The van der Waals surface area contributed by atoms with E-state index in [-0.39, 0.29) is 19.1 Å². The average Bonchev–Trinajstić information content (AvgIpc) is 3.21. The molecule has 1 amide bonds. The highest BCUT2D eigenvalue weighted by molar-refractivity contribution is 7.99.